The molecule has 2 aromatic carbocycles. The van der Waals surface area contributed by atoms with Crippen LogP contribution < -0.4 is 10.7 Å². The Bertz CT molecular complexity index is 954. The summed E-state index contributed by atoms with van der Waals surface area (Å²) in [6.07, 6.45) is 1.09. The van der Waals surface area contributed by atoms with Crippen LogP contribution in [0.3, 0.4) is 0 Å². The molecule has 6 nitrogen and oxygen atoms in total. The van der Waals surface area contributed by atoms with E-state index in [0.29, 0.717) is 12.8 Å². The zero-order chi connectivity index (χ0) is 21.9. The average molecular weight is 426 g/mol. The van der Waals surface area contributed by atoms with Gasteiger partial charge in [0, 0.05) is 4.90 Å². The molecule has 0 spiro atoms. The number of nitrogens with one attached hydrogen (secondary N) is 2. The molecule has 1 aliphatic rings. The lowest BCUT2D eigenvalue weighted by Crippen LogP contribution is -2.49. The summed E-state index contributed by atoms with van der Waals surface area (Å²) >= 11 is 1.40. The molecule has 1 aliphatic heterocycles. The smallest absolute Gasteiger partial charge is 0.322 e. The molecule has 1 saturated heterocycles. The van der Waals surface area contributed by atoms with Gasteiger partial charge in [-0.05, 0) is 57.2 Å². The van der Waals surface area contributed by atoms with E-state index in [2.05, 4.69) is 22.9 Å². The highest BCUT2D eigenvalue weighted by atomic mass is 32.2. The van der Waals surface area contributed by atoms with E-state index in [-0.39, 0.29) is 5.75 Å². The third-order valence-electron chi connectivity index (χ3n) is 5.21. The van der Waals surface area contributed by atoms with Gasteiger partial charge >= 0.3 is 6.03 Å². The summed E-state index contributed by atoms with van der Waals surface area (Å²) in [5.41, 5.74) is 5.89. The Morgan fingerprint density at radius 3 is 2.37 bits per heavy atom. The highest BCUT2D eigenvalue weighted by Crippen LogP contribution is 2.28. The van der Waals surface area contributed by atoms with E-state index in [0.717, 1.165) is 26.6 Å². The molecular weight excluding hydrogens is 398 g/mol. The Labute approximate surface area is 181 Å². The minimum Gasteiger partial charge on any atom is -0.322 e. The molecule has 3 rings (SSSR count). The first-order valence-electron chi connectivity index (χ1n) is 9.90. The minimum atomic E-state index is -1.04. The van der Waals surface area contributed by atoms with Gasteiger partial charge in [0.25, 0.3) is 5.91 Å². The molecule has 0 saturated carbocycles. The van der Waals surface area contributed by atoms with Gasteiger partial charge in [-0.1, -0.05) is 48.0 Å². The van der Waals surface area contributed by atoms with Crippen LogP contribution in [-0.2, 0) is 16.0 Å². The fourth-order valence-corrected chi connectivity index (χ4v) is 4.60. The monoisotopic (exact) mass is 425 g/mol. The number of hydrazine groups is 1. The molecule has 0 aliphatic carbocycles. The first-order valence-corrected chi connectivity index (χ1v) is 10.9. The predicted octanol–water partition coefficient (Wildman–Crippen LogP) is 3.68. The Kier molecular flexibility index (Phi) is 6.51. The number of aryl methyl sites for hydroxylation is 4. The normalized spacial score (nSPS) is 18.5. The van der Waals surface area contributed by atoms with Crippen LogP contribution in [0.1, 0.15) is 35.6 Å². The molecule has 1 atom stereocenters. The summed E-state index contributed by atoms with van der Waals surface area (Å²) in [4.78, 5) is 38.7. The van der Waals surface area contributed by atoms with Crippen LogP contribution in [0.5, 0.6) is 0 Å². The lowest BCUT2D eigenvalue weighted by Gasteiger charge is -2.21. The second-order valence-electron chi connectivity index (χ2n) is 7.94. The van der Waals surface area contributed by atoms with Crippen molar-refractivity contribution in [3.63, 3.8) is 0 Å². The number of urea groups is 1. The molecular formula is C23H27N3O3S. The highest BCUT2D eigenvalue weighted by Gasteiger charge is 2.48. The molecule has 0 unspecified atom stereocenters. The van der Waals surface area contributed by atoms with Gasteiger partial charge in [0.05, 0.1) is 5.75 Å². The molecule has 0 radical (unpaired) electrons. The first kappa shape index (κ1) is 21.9. The van der Waals surface area contributed by atoms with Crippen LogP contribution in [0.2, 0.25) is 0 Å². The van der Waals surface area contributed by atoms with E-state index in [1.54, 1.807) is 6.92 Å². The van der Waals surface area contributed by atoms with E-state index in [1.807, 2.05) is 51.1 Å². The van der Waals surface area contributed by atoms with Gasteiger partial charge in [-0.25, -0.2) is 4.79 Å². The molecule has 0 bridgehead atoms. The number of benzene rings is 2. The van der Waals surface area contributed by atoms with Gasteiger partial charge in [-0.15, -0.1) is 11.8 Å². The van der Waals surface area contributed by atoms with Crippen LogP contribution in [0.25, 0.3) is 0 Å². The van der Waals surface area contributed by atoms with Crippen LogP contribution in [0.4, 0.5) is 4.79 Å². The number of nitrogens with zero attached hydrogens (tertiary/aromatic N) is 1. The zero-order valence-electron chi connectivity index (χ0n) is 17.7. The molecule has 158 valence electrons. The number of imide groups is 1. The molecule has 30 heavy (non-hydrogen) atoms. The summed E-state index contributed by atoms with van der Waals surface area (Å²) in [7, 11) is 0. The predicted molar refractivity (Wildman–Crippen MR) is 118 cm³/mol. The van der Waals surface area contributed by atoms with Gasteiger partial charge < -0.3 is 5.32 Å². The third kappa shape index (κ3) is 4.84. The van der Waals surface area contributed by atoms with E-state index in [9.17, 15) is 14.4 Å². The van der Waals surface area contributed by atoms with Crippen molar-refractivity contribution >= 4 is 29.6 Å². The number of rotatable bonds is 7. The lowest BCUT2D eigenvalue weighted by atomic mass is 9.93. The van der Waals surface area contributed by atoms with Crippen LogP contribution in [-0.4, -0.2) is 34.1 Å². The maximum Gasteiger partial charge on any atom is 0.344 e. The average Bonchev–Trinajstić information content (AvgIpc) is 2.90. The van der Waals surface area contributed by atoms with E-state index in [1.165, 1.54) is 17.3 Å². The van der Waals surface area contributed by atoms with Crippen LogP contribution in [0.15, 0.2) is 47.4 Å². The Morgan fingerprint density at radius 2 is 1.73 bits per heavy atom. The van der Waals surface area contributed by atoms with Crippen molar-refractivity contribution in [3.8, 4) is 0 Å². The van der Waals surface area contributed by atoms with Crippen molar-refractivity contribution in [2.75, 3.05) is 5.75 Å². The second kappa shape index (κ2) is 8.92. The standard InChI is InChI=1S/C23H27N3O3S/c1-15-12-16(2)20(17(3)13-15)30-14-19(27)25-26-21(28)23(4,24-22(26)29)11-10-18-8-6-5-7-9-18/h5-9,12-13H,10-11,14H2,1-4H3,(H,24,29)(H,25,27)/t23-/m1/s1. The number of carbonyl (C=O) groups is 3. The van der Waals surface area contributed by atoms with Crippen molar-refractivity contribution in [3.05, 3.63) is 64.7 Å². The summed E-state index contributed by atoms with van der Waals surface area (Å²) in [6.45, 7) is 7.75. The Hall–Kier alpha value is -2.80. The van der Waals surface area contributed by atoms with Gasteiger partial charge in [0.2, 0.25) is 5.91 Å². The maximum absolute atomic E-state index is 12.8. The van der Waals surface area contributed by atoms with Gasteiger partial charge in [0.1, 0.15) is 5.54 Å². The minimum absolute atomic E-state index is 0.114. The molecule has 1 fully saturated rings. The van der Waals surface area contributed by atoms with Crippen molar-refractivity contribution in [1.82, 2.24) is 15.8 Å². The van der Waals surface area contributed by atoms with Crippen molar-refractivity contribution in [2.45, 2.75) is 51.0 Å². The Morgan fingerprint density at radius 1 is 1.10 bits per heavy atom. The van der Waals surface area contributed by atoms with Crippen LogP contribution >= 0.6 is 11.8 Å². The fraction of sp³-hybridized carbons (Fsp3) is 0.348. The molecule has 7 heteroatoms. The first-order chi connectivity index (χ1) is 14.2. The third-order valence-corrected chi connectivity index (χ3v) is 6.55. The summed E-state index contributed by atoms with van der Waals surface area (Å²) < 4.78 is 0. The quantitative estimate of drug-likeness (QED) is 0.524. The lowest BCUT2D eigenvalue weighted by molar-refractivity contribution is -0.138. The van der Waals surface area contributed by atoms with E-state index < -0.39 is 23.4 Å². The zero-order valence-corrected chi connectivity index (χ0v) is 18.6. The summed E-state index contributed by atoms with van der Waals surface area (Å²) in [5, 5.41) is 3.53. The summed E-state index contributed by atoms with van der Waals surface area (Å²) in [6, 6.07) is 13.3. The maximum atomic E-state index is 12.8. The van der Waals surface area contributed by atoms with Crippen LogP contribution in [0, 0.1) is 20.8 Å². The number of hydrogen-bond acceptors (Lipinski definition) is 4. The number of thioether (sulfide) groups is 1. The Balaban J connectivity index is 1.59. The van der Waals surface area contributed by atoms with Crippen molar-refractivity contribution in [1.29, 1.82) is 0 Å². The number of carbonyl (C=O) groups excluding carboxylic acids is 3. The molecule has 2 N–H and O–H groups in total. The van der Waals surface area contributed by atoms with Gasteiger partial charge in [-0.3, -0.25) is 15.0 Å². The largest absolute Gasteiger partial charge is 0.344 e. The fourth-order valence-electron chi connectivity index (χ4n) is 3.68. The number of hydrogen-bond donors (Lipinski definition) is 2. The van der Waals surface area contributed by atoms with Crippen molar-refractivity contribution < 1.29 is 14.4 Å². The van der Waals surface area contributed by atoms with Gasteiger partial charge in [0.15, 0.2) is 0 Å². The number of amides is 4. The molecule has 1 heterocycles. The van der Waals surface area contributed by atoms with E-state index in [4.69, 9.17) is 0 Å². The SMILES string of the molecule is Cc1cc(C)c(SCC(=O)NN2C(=O)N[C@](C)(CCc3ccccc3)C2=O)c(C)c1. The second-order valence-corrected chi connectivity index (χ2v) is 8.93. The van der Waals surface area contributed by atoms with Crippen molar-refractivity contribution in [2.24, 2.45) is 0 Å². The topological polar surface area (TPSA) is 78.5 Å². The molecule has 4 amide bonds. The molecule has 2 aromatic rings. The van der Waals surface area contributed by atoms with E-state index >= 15 is 0 Å². The molecule has 0 aromatic heterocycles. The van der Waals surface area contributed by atoms with Gasteiger partial charge in [-0.2, -0.15) is 5.01 Å². The summed E-state index contributed by atoms with van der Waals surface area (Å²) in [5.74, 6) is -0.720. The highest BCUT2D eigenvalue weighted by molar-refractivity contribution is 8.00.